The van der Waals surface area contributed by atoms with Gasteiger partial charge in [0.05, 0.1) is 18.2 Å². The molecule has 0 aromatic heterocycles. The fourth-order valence-electron chi connectivity index (χ4n) is 1.55. The number of hydrogen-bond donors (Lipinski definition) is 0. The van der Waals surface area contributed by atoms with Crippen molar-refractivity contribution in [2.24, 2.45) is 0 Å². The van der Waals surface area contributed by atoms with Crippen LogP contribution in [0.3, 0.4) is 0 Å². The van der Waals surface area contributed by atoms with Crippen molar-refractivity contribution < 1.29 is 9.53 Å². The fourth-order valence-corrected chi connectivity index (χ4v) is 1.94. The zero-order chi connectivity index (χ0) is 13.7. The first-order valence-corrected chi connectivity index (χ1v) is 6.38. The third-order valence-corrected chi connectivity index (χ3v) is 3.35. The molecule has 5 heteroatoms. The Morgan fingerprint density at radius 1 is 1.44 bits per heavy atom. The number of rotatable bonds is 6. The van der Waals surface area contributed by atoms with Crippen molar-refractivity contribution in [1.82, 2.24) is 4.90 Å². The summed E-state index contributed by atoms with van der Waals surface area (Å²) < 4.78 is 5.05. The molecule has 0 saturated carbocycles. The Morgan fingerprint density at radius 2 is 2.11 bits per heavy atom. The Labute approximate surface area is 118 Å². The molecule has 0 spiro atoms. The standard InChI is InChI=1S/C13H17Cl2NO2/c1-9(8-18-3)16(2)7-13(17)11-6-10(14)4-5-12(11)15/h4-6,9H,7-8H2,1-3H3. The van der Waals surface area contributed by atoms with E-state index in [0.29, 0.717) is 22.2 Å². The van der Waals surface area contributed by atoms with Gasteiger partial charge >= 0.3 is 0 Å². The molecule has 0 N–H and O–H groups in total. The second kappa shape index (κ2) is 7.10. The van der Waals surface area contributed by atoms with E-state index in [4.69, 9.17) is 27.9 Å². The second-order valence-corrected chi connectivity index (χ2v) is 5.11. The number of Topliss-reactive ketones (excluding diaryl/α,β-unsaturated/α-hetero) is 1. The SMILES string of the molecule is COCC(C)N(C)CC(=O)c1cc(Cl)ccc1Cl. The lowest BCUT2D eigenvalue weighted by atomic mass is 10.1. The van der Waals surface area contributed by atoms with E-state index < -0.39 is 0 Å². The van der Waals surface area contributed by atoms with Crippen molar-refractivity contribution in [3.05, 3.63) is 33.8 Å². The van der Waals surface area contributed by atoms with Gasteiger partial charge in [0.1, 0.15) is 0 Å². The molecule has 1 unspecified atom stereocenters. The van der Waals surface area contributed by atoms with Crippen molar-refractivity contribution in [3.8, 4) is 0 Å². The van der Waals surface area contributed by atoms with Crippen LogP contribution >= 0.6 is 23.2 Å². The zero-order valence-electron chi connectivity index (χ0n) is 10.7. The summed E-state index contributed by atoms with van der Waals surface area (Å²) in [5.41, 5.74) is 0.459. The predicted molar refractivity (Wildman–Crippen MR) is 74.8 cm³/mol. The van der Waals surface area contributed by atoms with E-state index in [1.165, 1.54) is 0 Å². The average Bonchev–Trinajstić information content (AvgIpc) is 2.32. The largest absolute Gasteiger partial charge is 0.383 e. The Morgan fingerprint density at radius 3 is 2.72 bits per heavy atom. The van der Waals surface area contributed by atoms with Crippen LogP contribution in [-0.4, -0.2) is 44.0 Å². The van der Waals surface area contributed by atoms with Crippen LogP contribution in [0.5, 0.6) is 0 Å². The summed E-state index contributed by atoms with van der Waals surface area (Å²) in [7, 11) is 3.51. The molecule has 0 aliphatic rings. The van der Waals surface area contributed by atoms with Crippen molar-refractivity contribution in [3.63, 3.8) is 0 Å². The van der Waals surface area contributed by atoms with Gasteiger partial charge in [0, 0.05) is 23.7 Å². The summed E-state index contributed by atoms with van der Waals surface area (Å²) in [6.07, 6.45) is 0. The van der Waals surface area contributed by atoms with Gasteiger partial charge in [0.15, 0.2) is 5.78 Å². The number of ether oxygens (including phenoxy) is 1. The summed E-state index contributed by atoms with van der Waals surface area (Å²) in [5.74, 6) is -0.0482. The highest BCUT2D eigenvalue weighted by Crippen LogP contribution is 2.21. The Bertz CT molecular complexity index is 423. The number of carbonyl (C=O) groups excluding carboxylic acids is 1. The van der Waals surface area contributed by atoms with Crippen LogP contribution in [-0.2, 0) is 4.74 Å². The first-order chi connectivity index (χ1) is 8.45. The number of carbonyl (C=O) groups is 1. The highest BCUT2D eigenvalue weighted by molar-refractivity contribution is 6.36. The molecule has 3 nitrogen and oxygen atoms in total. The number of halogens is 2. The number of likely N-dealkylation sites (N-methyl/N-ethyl adjacent to an activating group) is 1. The van der Waals surface area contributed by atoms with E-state index in [1.807, 2.05) is 18.9 Å². The lowest BCUT2D eigenvalue weighted by molar-refractivity contribution is 0.0841. The average molecular weight is 290 g/mol. The van der Waals surface area contributed by atoms with Crippen LogP contribution in [0.2, 0.25) is 10.0 Å². The van der Waals surface area contributed by atoms with Crippen LogP contribution in [0.25, 0.3) is 0 Å². The smallest absolute Gasteiger partial charge is 0.178 e. The quantitative estimate of drug-likeness (QED) is 0.754. The van der Waals surface area contributed by atoms with Gasteiger partial charge in [-0.25, -0.2) is 0 Å². The fraction of sp³-hybridized carbons (Fsp3) is 0.462. The van der Waals surface area contributed by atoms with Gasteiger partial charge in [-0.05, 0) is 32.2 Å². The third-order valence-electron chi connectivity index (χ3n) is 2.78. The lowest BCUT2D eigenvalue weighted by Crippen LogP contribution is -2.36. The molecule has 1 rings (SSSR count). The monoisotopic (exact) mass is 289 g/mol. The Kier molecular flexibility index (Phi) is 6.09. The van der Waals surface area contributed by atoms with Crippen LogP contribution in [0.4, 0.5) is 0 Å². The molecule has 0 aliphatic carbocycles. The number of methoxy groups -OCH3 is 1. The minimum Gasteiger partial charge on any atom is -0.383 e. The molecule has 0 bridgehead atoms. The van der Waals surface area contributed by atoms with Crippen molar-refractivity contribution in [1.29, 1.82) is 0 Å². The van der Waals surface area contributed by atoms with E-state index in [-0.39, 0.29) is 18.4 Å². The molecule has 0 aliphatic heterocycles. The minimum absolute atomic E-state index is 0.0482. The van der Waals surface area contributed by atoms with Gasteiger partial charge in [-0.2, -0.15) is 0 Å². The third kappa shape index (κ3) is 4.25. The normalized spacial score (nSPS) is 12.8. The van der Waals surface area contributed by atoms with Crippen molar-refractivity contribution >= 4 is 29.0 Å². The molecule has 0 amide bonds. The van der Waals surface area contributed by atoms with Gasteiger partial charge in [0.25, 0.3) is 0 Å². The highest BCUT2D eigenvalue weighted by atomic mass is 35.5. The number of ketones is 1. The second-order valence-electron chi connectivity index (χ2n) is 4.27. The molecule has 1 aromatic carbocycles. The van der Waals surface area contributed by atoms with Crippen LogP contribution in [0.1, 0.15) is 17.3 Å². The molecule has 0 radical (unpaired) electrons. The molecule has 100 valence electrons. The summed E-state index contributed by atoms with van der Waals surface area (Å²) in [6.45, 7) is 2.86. The molecule has 18 heavy (non-hydrogen) atoms. The first-order valence-electron chi connectivity index (χ1n) is 5.63. The number of nitrogens with zero attached hydrogens (tertiary/aromatic N) is 1. The number of benzene rings is 1. The van der Waals surface area contributed by atoms with Gasteiger partial charge in [-0.3, -0.25) is 9.69 Å². The minimum atomic E-state index is -0.0482. The molecular weight excluding hydrogens is 273 g/mol. The van der Waals surface area contributed by atoms with Crippen molar-refractivity contribution in [2.45, 2.75) is 13.0 Å². The van der Waals surface area contributed by atoms with Crippen LogP contribution < -0.4 is 0 Å². The zero-order valence-corrected chi connectivity index (χ0v) is 12.3. The molecule has 0 fully saturated rings. The Hall–Kier alpha value is -0.610. The van der Waals surface area contributed by atoms with E-state index in [9.17, 15) is 4.79 Å². The van der Waals surface area contributed by atoms with Crippen LogP contribution in [0.15, 0.2) is 18.2 Å². The van der Waals surface area contributed by atoms with E-state index >= 15 is 0 Å². The van der Waals surface area contributed by atoms with Gasteiger partial charge in [0.2, 0.25) is 0 Å². The molecule has 1 atom stereocenters. The summed E-state index contributed by atoms with van der Waals surface area (Å²) in [5, 5.41) is 0.938. The highest BCUT2D eigenvalue weighted by Gasteiger charge is 2.16. The molecule has 0 heterocycles. The van der Waals surface area contributed by atoms with E-state index in [0.717, 1.165) is 0 Å². The molecular formula is C13H17Cl2NO2. The molecule has 0 saturated heterocycles. The maximum atomic E-state index is 12.1. The topological polar surface area (TPSA) is 29.5 Å². The van der Waals surface area contributed by atoms with E-state index in [1.54, 1.807) is 25.3 Å². The summed E-state index contributed by atoms with van der Waals surface area (Å²) in [4.78, 5) is 14.0. The molecule has 1 aromatic rings. The van der Waals surface area contributed by atoms with Crippen LogP contribution in [0, 0.1) is 0 Å². The lowest BCUT2D eigenvalue weighted by Gasteiger charge is -2.23. The maximum absolute atomic E-state index is 12.1. The predicted octanol–water partition coefficient (Wildman–Crippen LogP) is 3.14. The van der Waals surface area contributed by atoms with E-state index in [2.05, 4.69) is 0 Å². The van der Waals surface area contributed by atoms with Crippen molar-refractivity contribution in [2.75, 3.05) is 27.3 Å². The summed E-state index contributed by atoms with van der Waals surface area (Å²) >= 11 is 11.9. The number of hydrogen-bond acceptors (Lipinski definition) is 3. The summed E-state index contributed by atoms with van der Waals surface area (Å²) in [6, 6.07) is 5.06. The maximum Gasteiger partial charge on any atom is 0.178 e. The van der Waals surface area contributed by atoms with Gasteiger partial charge < -0.3 is 4.74 Å². The van der Waals surface area contributed by atoms with Gasteiger partial charge in [-0.15, -0.1) is 0 Å². The van der Waals surface area contributed by atoms with Gasteiger partial charge in [-0.1, -0.05) is 23.2 Å². The Balaban J connectivity index is 2.73. The first kappa shape index (κ1) is 15.4.